The minimum absolute atomic E-state index is 0.0580. The van der Waals surface area contributed by atoms with Crippen LogP contribution in [-0.4, -0.2) is 46.8 Å². The standard InChI is InChI=1S/C20H18FN3O4S/c1-24(2)18(25)12-29-16-6-4-3-5-15(16)20(26)27-11-17-22-19(23-28-17)13-7-9-14(21)10-8-13/h3-10H,11-12H2,1-2H3. The van der Waals surface area contributed by atoms with Gasteiger partial charge in [0.05, 0.1) is 11.3 Å². The van der Waals surface area contributed by atoms with Gasteiger partial charge in [-0.1, -0.05) is 17.3 Å². The lowest BCUT2D eigenvalue weighted by Crippen LogP contribution is -2.23. The van der Waals surface area contributed by atoms with Gasteiger partial charge < -0.3 is 14.2 Å². The van der Waals surface area contributed by atoms with Crippen molar-refractivity contribution in [1.29, 1.82) is 0 Å². The largest absolute Gasteiger partial charge is 0.452 e. The number of carbonyl (C=O) groups is 2. The molecule has 0 fully saturated rings. The summed E-state index contributed by atoms with van der Waals surface area (Å²) in [6, 6.07) is 12.5. The molecular weight excluding hydrogens is 397 g/mol. The van der Waals surface area contributed by atoms with Gasteiger partial charge in [-0.2, -0.15) is 4.98 Å². The zero-order chi connectivity index (χ0) is 20.8. The van der Waals surface area contributed by atoms with Crippen LogP contribution in [0.5, 0.6) is 0 Å². The maximum absolute atomic E-state index is 13.0. The minimum Gasteiger partial charge on any atom is -0.452 e. The molecule has 2 aromatic carbocycles. The van der Waals surface area contributed by atoms with Gasteiger partial charge in [0, 0.05) is 24.6 Å². The number of esters is 1. The number of benzene rings is 2. The highest BCUT2D eigenvalue weighted by molar-refractivity contribution is 8.00. The number of carbonyl (C=O) groups excluding carboxylic acids is 2. The molecule has 3 aromatic rings. The topological polar surface area (TPSA) is 85.5 Å². The minimum atomic E-state index is -0.563. The van der Waals surface area contributed by atoms with Crippen molar-refractivity contribution in [2.24, 2.45) is 0 Å². The molecule has 29 heavy (non-hydrogen) atoms. The van der Waals surface area contributed by atoms with Gasteiger partial charge in [-0.3, -0.25) is 4.79 Å². The predicted octanol–water partition coefficient (Wildman–Crippen LogP) is 3.41. The molecule has 0 unspecified atom stereocenters. The molecule has 0 N–H and O–H groups in total. The zero-order valence-corrected chi connectivity index (χ0v) is 16.6. The molecule has 0 aliphatic rings. The molecule has 0 saturated heterocycles. The average Bonchev–Trinajstić information content (AvgIpc) is 3.20. The molecule has 0 bridgehead atoms. The van der Waals surface area contributed by atoms with E-state index >= 15 is 0 Å². The second-order valence-electron chi connectivity index (χ2n) is 6.17. The van der Waals surface area contributed by atoms with Gasteiger partial charge in [-0.15, -0.1) is 11.8 Å². The quantitative estimate of drug-likeness (QED) is 0.432. The molecule has 1 aromatic heterocycles. The maximum Gasteiger partial charge on any atom is 0.339 e. The van der Waals surface area contributed by atoms with Gasteiger partial charge in [0.15, 0.2) is 6.61 Å². The lowest BCUT2D eigenvalue weighted by molar-refractivity contribution is -0.125. The van der Waals surface area contributed by atoms with Gasteiger partial charge in [-0.05, 0) is 36.4 Å². The number of halogens is 1. The number of nitrogens with zero attached hydrogens (tertiary/aromatic N) is 3. The van der Waals surface area contributed by atoms with Gasteiger partial charge in [0.1, 0.15) is 5.82 Å². The van der Waals surface area contributed by atoms with Gasteiger partial charge in [-0.25, -0.2) is 9.18 Å². The van der Waals surface area contributed by atoms with Crippen molar-refractivity contribution in [2.45, 2.75) is 11.5 Å². The molecule has 0 atom stereocenters. The Bertz CT molecular complexity index is 1000. The summed E-state index contributed by atoms with van der Waals surface area (Å²) in [6.07, 6.45) is 0. The number of ether oxygens (including phenoxy) is 1. The summed E-state index contributed by atoms with van der Waals surface area (Å²) in [5.41, 5.74) is 0.933. The molecule has 9 heteroatoms. The number of aromatic nitrogens is 2. The molecule has 3 rings (SSSR count). The first-order chi connectivity index (χ1) is 13.9. The van der Waals surface area contributed by atoms with Crippen LogP contribution in [0.4, 0.5) is 4.39 Å². The van der Waals surface area contributed by atoms with Crippen molar-refractivity contribution in [3.05, 3.63) is 65.8 Å². The third-order valence-electron chi connectivity index (χ3n) is 3.85. The van der Waals surface area contributed by atoms with Crippen molar-refractivity contribution in [3.63, 3.8) is 0 Å². The Morgan fingerprint density at radius 2 is 1.86 bits per heavy atom. The molecule has 0 aliphatic heterocycles. The van der Waals surface area contributed by atoms with Crippen LogP contribution in [0.15, 0.2) is 57.9 Å². The second kappa shape index (κ2) is 9.33. The van der Waals surface area contributed by atoms with Gasteiger partial charge in [0.25, 0.3) is 5.89 Å². The van der Waals surface area contributed by atoms with E-state index in [-0.39, 0.29) is 35.8 Å². The Labute approximate surface area is 170 Å². The molecule has 0 saturated carbocycles. The van der Waals surface area contributed by atoms with E-state index in [1.165, 1.54) is 40.9 Å². The number of amides is 1. The smallest absolute Gasteiger partial charge is 0.339 e. The molecular formula is C20H18FN3O4S. The van der Waals surface area contributed by atoms with Crippen LogP contribution >= 0.6 is 11.8 Å². The Morgan fingerprint density at radius 1 is 1.14 bits per heavy atom. The fraction of sp³-hybridized carbons (Fsp3) is 0.200. The lowest BCUT2D eigenvalue weighted by atomic mass is 10.2. The molecule has 7 nitrogen and oxygen atoms in total. The van der Waals surface area contributed by atoms with Crippen LogP contribution in [0.25, 0.3) is 11.4 Å². The van der Waals surface area contributed by atoms with Crippen molar-refractivity contribution in [3.8, 4) is 11.4 Å². The Hall–Kier alpha value is -3.20. The van der Waals surface area contributed by atoms with E-state index in [1.807, 2.05) is 0 Å². The highest BCUT2D eigenvalue weighted by Gasteiger charge is 2.17. The van der Waals surface area contributed by atoms with Crippen molar-refractivity contribution in [2.75, 3.05) is 19.8 Å². The van der Waals surface area contributed by atoms with Gasteiger partial charge >= 0.3 is 5.97 Å². The second-order valence-corrected chi connectivity index (χ2v) is 7.18. The zero-order valence-electron chi connectivity index (χ0n) is 15.8. The number of thioether (sulfide) groups is 1. The monoisotopic (exact) mass is 415 g/mol. The van der Waals surface area contributed by atoms with E-state index in [0.717, 1.165) is 0 Å². The first-order valence-electron chi connectivity index (χ1n) is 8.61. The number of rotatable bonds is 7. The van der Waals surface area contributed by atoms with Crippen LogP contribution in [0.1, 0.15) is 16.2 Å². The first-order valence-corrected chi connectivity index (χ1v) is 9.60. The van der Waals surface area contributed by atoms with Crippen LogP contribution in [0.2, 0.25) is 0 Å². The van der Waals surface area contributed by atoms with Crippen molar-refractivity contribution in [1.82, 2.24) is 15.0 Å². The van der Waals surface area contributed by atoms with E-state index in [9.17, 15) is 14.0 Å². The molecule has 0 spiro atoms. The normalized spacial score (nSPS) is 10.6. The number of hydrogen-bond acceptors (Lipinski definition) is 7. The Balaban J connectivity index is 1.63. The van der Waals surface area contributed by atoms with Crippen LogP contribution in [0.3, 0.4) is 0 Å². The summed E-state index contributed by atoms with van der Waals surface area (Å²) < 4.78 is 23.4. The van der Waals surface area contributed by atoms with E-state index in [4.69, 9.17) is 9.26 Å². The summed E-state index contributed by atoms with van der Waals surface area (Å²) in [4.78, 5) is 30.5. The van der Waals surface area contributed by atoms with E-state index in [2.05, 4.69) is 10.1 Å². The fourth-order valence-corrected chi connectivity index (χ4v) is 3.28. The van der Waals surface area contributed by atoms with Crippen molar-refractivity contribution >= 4 is 23.6 Å². The van der Waals surface area contributed by atoms with E-state index < -0.39 is 5.97 Å². The third kappa shape index (κ3) is 5.41. The highest BCUT2D eigenvalue weighted by Crippen LogP contribution is 2.24. The number of hydrogen-bond donors (Lipinski definition) is 0. The summed E-state index contributed by atoms with van der Waals surface area (Å²) >= 11 is 1.26. The highest BCUT2D eigenvalue weighted by atomic mass is 32.2. The Morgan fingerprint density at radius 3 is 2.59 bits per heavy atom. The maximum atomic E-state index is 13.0. The molecule has 150 valence electrons. The van der Waals surface area contributed by atoms with Crippen molar-refractivity contribution < 1.29 is 23.2 Å². The predicted molar refractivity (Wildman–Crippen MR) is 105 cm³/mol. The van der Waals surface area contributed by atoms with Crippen LogP contribution in [-0.2, 0) is 16.1 Å². The molecule has 0 aliphatic carbocycles. The van der Waals surface area contributed by atoms with E-state index in [0.29, 0.717) is 16.0 Å². The van der Waals surface area contributed by atoms with E-state index in [1.54, 1.807) is 38.4 Å². The summed E-state index contributed by atoms with van der Waals surface area (Å²) in [5, 5.41) is 3.80. The SMILES string of the molecule is CN(C)C(=O)CSc1ccccc1C(=O)OCc1nc(-c2ccc(F)cc2)no1. The van der Waals surface area contributed by atoms with Crippen LogP contribution < -0.4 is 0 Å². The third-order valence-corrected chi connectivity index (χ3v) is 4.91. The summed E-state index contributed by atoms with van der Waals surface area (Å²) in [6.45, 7) is -0.206. The lowest BCUT2D eigenvalue weighted by Gasteiger charge is -2.11. The summed E-state index contributed by atoms with van der Waals surface area (Å²) in [5.74, 6) is -0.388. The van der Waals surface area contributed by atoms with Crippen LogP contribution in [0, 0.1) is 5.82 Å². The van der Waals surface area contributed by atoms with Gasteiger partial charge in [0.2, 0.25) is 11.7 Å². The average molecular weight is 415 g/mol. The summed E-state index contributed by atoms with van der Waals surface area (Å²) in [7, 11) is 3.35. The Kier molecular flexibility index (Phi) is 6.61. The fourth-order valence-electron chi connectivity index (χ4n) is 2.26. The molecule has 1 amide bonds. The molecule has 1 heterocycles. The first kappa shape index (κ1) is 20.5. The molecule has 0 radical (unpaired) electrons.